The molecule has 2 aromatic carbocycles. The number of aliphatic hydroxyl groups is 1. The van der Waals surface area contributed by atoms with Crippen LogP contribution in [0.2, 0.25) is 0 Å². The first-order valence-corrected chi connectivity index (χ1v) is 10.2. The molecular weight excluding hydrogens is 421 g/mol. The molecule has 0 bridgehead atoms. The molecule has 0 fully saturated rings. The highest BCUT2D eigenvalue weighted by Gasteiger charge is 2.64. The van der Waals surface area contributed by atoms with Gasteiger partial charge in [-0.1, -0.05) is 32.0 Å². The lowest BCUT2D eigenvalue weighted by Crippen LogP contribution is -2.58. The number of anilines is 1. The molecular formula is C24H25F3N2O3. The molecule has 3 aromatic rings. The number of fused-ring (bicyclic) bond motifs is 2. The summed E-state index contributed by atoms with van der Waals surface area (Å²) in [6.45, 7) is 5.20. The van der Waals surface area contributed by atoms with E-state index in [4.69, 9.17) is 4.74 Å². The Balaban J connectivity index is 1.98. The van der Waals surface area contributed by atoms with E-state index in [9.17, 15) is 23.1 Å². The summed E-state index contributed by atoms with van der Waals surface area (Å²) in [6.07, 6.45) is -5.44. The minimum atomic E-state index is -4.89. The van der Waals surface area contributed by atoms with Crippen molar-refractivity contribution in [2.45, 2.75) is 50.4 Å². The highest BCUT2D eigenvalue weighted by molar-refractivity contribution is 5.91. The average Bonchev–Trinajstić information content (AvgIpc) is 2.69. The van der Waals surface area contributed by atoms with Gasteiger partial charge in [-0.25, -0.2) is 0 Å². The molecule has 1 aliphatic rings. The molecule has 0 spiro atoms. The molecule has 0 aliphatic heterocycles. The van der Waals surface area contributed by atoms with Crippen molar-refractivity contribution in [2.75, 3.05) is 12.4 Å². The molecule has 170 valence electrons. The van der Waals surface area contributed by atoms with Gasteiger partial charge in [0, 0.05) is 22.7 Å². The number of alkyl halides is 3. The monoisotopic (exact) mass is 446 g/mol. The Bertz CT molecular complexity index is 1250. The fourth-order valence-electron chi connectivity index (χ4n) is 4.95. The maximum absolute atomic E-state index is 14.4. The van der Waals surface area contributed by atoms with Crippen LogP contribution in [-0.4, -0.2) is 29.0 Å². The molecule has 0 radical (unpaired) electrons. The van der Waals surface area contributed by atoms with Gasteiger partial charge >= 0.3 is 6.18 Å². The molecule has 1 aliphatic carbocycles. The Morgan fingerprint density at radius 3 is 2.53 bits per heavy atom. The van der Waals surface area contributed by atoms with Gasteiger partial charge < -0.3 is 20.1 Å². The van der Waals surface area contributed by atoms with E-state index in [1.54, 1.807) is 50.2 Å². The van der Waals surface area contributed by atoms with Crippen LogP contribution in [0.15, 0.2) is 47.3 Å². The number of ether oxygens (including phenoxy) is 1. The zero-order chi connectivity index (χ0) is 23.5. The van der Waals surface area contributed by atoms with Crippen LogP contribution in [0.25, 0.3) is 10.9 Å². The molecule has 1 aromatic heterocycles. The normalized spacial score (nSPS) is 22.4. The van der Waals surface area contributed by atoms with Crippen molar-refractivity contribution in [1.82, 2.24) is 4.98 Å². The number of methoxy groups -OCH3 is 1. The van der Waals surface area contributed by atoms with Crippen molar-refractivity contribution in [3.05, 3.63) is 69.5 Å². The first-order valence-electron chi connectivity index (χ1n) is 10.2. The second-order valence-corrected chi connectivity index (χ2v) is 9.03. The summed E-state index contributed by atoms with van der Waals surface area (Å²) >= 11 is 0. The number of hydrogen-bond acceptors (Lipinski definition) is 4. The number of benzene rings is 2. The molecule has 32 heavy (non-hydrogen) atoms. The quantitative estimate of drug-likeness (QED) is 0.531. The first kappa shape index (κ1) is 22.2. The standard InChI is InChI=1S/C24H25F3N2O3/c1-13-8-9-15-19(20(13)32-4)22(2,3)12-23(31,24(25,26)27)21(15)29-17-7-5-6-16-14(17)10-11-18(30)28-16/h5-11,21,29,31H,12H2,1-4H3,(H,28,30). The van der Waals surface area contributed by atoms with E-state index in [1.807, 2.05) is 6.92 Å². The maximum Gasteiger partial charge on any atom is 0.419 e. The fraction of sp³-hybridized carbons (Fsp3) is 0.375. The van der Waals surface area contributed by atoms with Crippen LogP contribution in [0, 0.1) is 6.92 Å². The number of halogens is 3. The third-order valence-corrected chi connectivity index (χ3v) is 6.32. The van der Waals surface area contributed by atoms with E-state index in [-0.39, 0.29) is 5.56 Å². The highest BCUT2D eigenvalue weighted by atomic mass is 19.4. The Labute approximate surface area is 183 Å². The van der Waals surface area contributed by atoms with Crippen LogP contribution in [0.5, 0.6) is 5.75 Å². The Kier molecular flexibility index (Phi) is 5.04. The van der Waals surface area contributed by atoms with Crippen molar-refractivity contribution in [2.24, 2.45) is 0 Å². The number of pyridine rings is 1. The maximum atomic E-state index is 14.4. The fourth-order valence-corrected chi connectivity index (χ4v) is 4.95. The van der Waals surface area contributed by atoms with E-state index in [0.717, 1.165) is 5.56 Å². The van der Waals surface area contributed by atoms with Gasteiger partial charge in [-0.05, 0) is 48.1 Å². The highest BCUT2D eigenvalue weighted by Crippen LogP contribution is 2.56. The number of aromatic amines is 1. The Hall–Kier alpha value is -3.00. The number of nitrogens with one attached hydrogen (secondary N) is 2. The Morgan fingerprint density at radius 1 is 1.16 bits per heavy atom. The summed E-state index contributed by atoms with van der Waals surface area (Å²) in [5.41, 5.74) is -1.73. The van der Waals surface area contributed by atoms with Crippen LogP contribution in [0.4, 0.5) is 18.9 Å². The minimum Gasteiger partial charge on any atom is -0.496 e. The van der Waals surface area contributed by atoms with Gasteiger partial charge in [0.1, 0.15) is 5.75 Å². The summed E-state index contributed by atoms with van der Waals surface area (Å²) in [5, 5.41) is 14.7. The molecule has 0 amide bonds. The smallest absolute Gasteiger partial charge is 0.419 e. The van der Waals surface area contributed by atoms with Crippen molar-refractivity contribution in [1.29, 1.82) is 0 Å². The third kappa shape index (κ3) is 3.33. The zero-order valence-electron chi connectivity index (χ0n) is 18.2. The van der Waals surface area contributed by atoms with Crippen LogP contribution < -0.4 is 15.6 Å². The second kappa shape index (κ2) is 7.27. The van der Waals surface area contributed by atoms with E-state index in [0.29, 0.717) is 33.5 Å². The summed E-state index contributed by atoms with van der Waals surface area (Å²) < 4.78 is 48.7. The lowest BCUT2D eigenvalue weighted by molar-refractivity contribution is -0.275. The van der Waals surface area contributed by atoms with E-state index in [2.05, 4.69) is 10.3 Å². The van der Waals surface area contributed by atoms with E-state index >= 15 is 0 Å². The summed E-state index contributed by atoms with van der Waals surface area (Å²) in [5.74, 6) is 0.519. The molecule has 5 nitrogen and oxygen atoms in total. The Morgan fingerprint density at radius 2 is 1.88 bits per heavy atom. The van der Waals surface area contributed by atoms with Crippen LogP contribution in [0.1, 0.15) is 43.0 Å². The van der Waals surface area contributed by atoms with Gasteiger partial charge in [0.25, 0.3) is 0 Å². The van der Waals surface area contributed by atoms with Crippen molar-refractivity contribution in [3.63, 3.8) is 0 Å². The molecule has 4 rings (SSSR count). The van der Waals surface area contributed by atoms with Gasteiger partial charge in [0.2, 0.25) is 5.56 Å². The van der Waals surface area contributed by atoms with E-state index < -0.39 is 29.7 Å². The summed E-state index contributed by atoms with van der Waals surface area (Å²) in [4.78, 5) is 14.4. The van der Waals surface area contributed by atoms with Crippen LogP contribution in [-0.2, 0) is 5.41 Å². The number of H-pyrrole nitrogens is 1. The van der Waals surface area contributed by atoms with Crippen molar-refractivity contribution < 1.29 is 23.0 Å². The van der Waals surface area contributed by atoms with Gasteiger partial charge in [0.05, 0.1) is 18.7 Å². The molecule has 2 atom stereocenters. The molecule has 8 heteroatoms. The van der Waals surface area contributed by atoms with Gasteiger partial charge in [-0.3, -0.25) is 4.79 Å². The van der Waals surface area contributed by atoms with Crippen molar-refractivity contribution in [3.8, 4) is 5.75 Å². The first-order chi connectivity index (χ1) is 14.9. The van der Waals surface area contributed by atoms with Gasteiger partial charge in [-0.2, -0.15) is 13.2 Å². The SMILES string of the molecule is COc1c(C)ccc2c1C(C)(C)CC(O)(C(F)(F)F)C2Nc1cccc2[nH]c(=O)ccc12. The number of aryl methyl sites for hydroxylation is 1. The average molecular weight is 446 g/mol. The second-order valence-electron chi connectivity index (χ2n) is 9.03. The largest absolute Gasteiger partial charge is 0.496 e. The predicted octanol–water partition coefficient (Wildman–Crippen LogP) is 4.97. The number of aromatic nitrogens is 1. The predicted molar refractivity (Wildman–Crippen MR) is 117 cm³/mol. The van der Waals surface area contributed by atoms with Crippen LogP contribution >= 0.6 is 0 Å². The minimum absolute atomic E-state index is 0.314. The third-order valence-electron chi connectivity index (χ3n) is 6.32. The van der Waals surface area contributed by atoms with Gasteiger partial charge in [0.15, 0.2) is 5.60 Å². The lowest BCUT2D eigenvalue weighted by Gasteiger charge is -2.49. The zero-order valence-corrected chi connectivity index (χ0v) is 18.2. The van der Waals surface area contributed by atoms with E-state index in [1.165, 1.54) is 13.2 Å². The number of hydrogen-bond donors (Lipinski definition) is 3. The summed E-state index contributed by atoms with van der Waals surface area (Å²) in [6, 6.07) is 9.62. The summed E-state index contributed by atoms with van der Waals surface area (Å²) in [7, 11) is 1.49. The molecule has 0 saturated heterocycles. The molecule has 0 saturated carbocycles. The molecule has 2 unspecified atom stereocenters. The lowest BCUT2D eigenvalue weighted by atomic mass is 9.63. The van der Waals surface area contributed by atoms with Gasteiger partial charge in [-0.15, -0.1) is 0 Å². The van der Waals surface area contributed by atoms with Crippen molar-refractivity contribution >= 4 is 16.6 Å². The number of rotatable bonds is 3. The van der Waals surface area contributed by atoms with Crippen LogP contribution in [0.3, 0.4) is 0 Å². The topological polar surface area (TPSA) is 74.3 Å². The molecule has 3 N–H and O–H groups in total. The molecule has 1 heterocycles.